The summed E-state index contributed by atoms with van der Waals surface area (Å²) in [7, 11) is 0. The molecule has 0 fully saturated rings. The smallest absolute Gasteiger partial charge is 0.289 e. The first-order chi connectivity index (χ1) is 5.61. The van der Waals surface area contributed by atoms with E-state index in [0.29, 0.717) is 0 Å². The highest BCUT2D eigenvalue weighted by molar-refractivity contribution is 7.99. The van der Waals surface area contributed by atoms with Gasteiger partial charge in [-0.05, 0) is 12.1 Å². The van der Waals surface area contributed by atoms with Gasteiger partial charge in [-0.3, -0.25) is 0 Å². The molecule has 0 saturated carbocycles. The summed E-state index contributed by atoms with van der Waals surface area (Å²) >= 11 is 0.151. The van der Waals surface area contributed by atoms with E-state index < -0.39 is 11.6 Å². The van der Waals surface area contributed by atoms with Crippen molar-refractivity contribution in [2.45, 2.75) is 10.7 Å². The van der Waals surface area contributed by atoms with Gasteiger partial charge in [0.15, 0.2) is 5.82 Å². The first kappa shape index (κ1) is 9.25. The van der Waals surface area contributed by atoms with Crippen LogP contribution in [0.15, 0.2) is 23.1 Å². The summed E-state index contributed by atoms with van der Waals surface area (Å²) in [5.41, 5.74) is 5.05. The van der Waals surface area contributed by atoms with Crippen LogP contribution in [0.3, 0.4) is 0 Å². The Morgan fingerprint density at radius 3 is 2.58 bits per heavy atom. The Morgan fingerprint density at radius 1 is 1.33 bits per heavy atom. The van der Waals surface area contributed by atoms with Gasteiger partial charge >= 0.3 is 0 Å². The maximum absolute atomic E-state index is 12.9. The molecule has 12 heavy (non-hydrogen) atoms. The van der Waals surface area contributed by atoms with Crippen LogP contribution >= 0.6 is 11.8 Å². The van der Waals surface area contributed by atoms with Crippen molar-refractivity contribution in [3.05, 3.63) is 24.0 Å². The summed E-state index contributed by atoms with van der Waals surface area (Å²) in [6, 6.07) is 4.02. The number of thioether (sulfide) groups is 1. The van der Waals surface area contributed by atoms with Gasteiger partial charge < -0.3 is 5.73 Å². The highest BCUT2D eigenvalue weighted by Crippen LogP contribution is 2.29. The maximum atomic E-state index is 12.9. The zero-order valence-electron chi connectivity index (χ0n) is 5.93. The molecule has 0 heterocycles. The summed E-state index contributed by atoms with van der Waals surface area (Å²) in [6.07, 6.45) is 0. The lowest BCUT2D eigenvalue weighted by molar-refractivity contribution is 0.252. The lowest BCUT2D eigenvalue weighted by Crippen LogP contribution is -1.93. The van der Waals surface area contributed by atoms with Gasteiger partial charge in [0, 0.05) is 0 Å². The third-order valence-corrected chi connectivity index (χ3v) is 1.96. The fourth-order valence-electron chi connectivity index (χ4n) is 0.715. The standard InChI is InChI=1S/C7H6F3NS/c8-6-4(11)2-1-3-5(6)12-7(9)10/h1-3,7H,11H2. The lowest BCUT2D eigenvalue weighted by atomic mass is 10.3. The lowest BCUT2D eigenvalue weighted by Gasteiger charge is -2.02. The molecule has 0 radical (unpaired) electrons. The Bertz CT molecular complexity index is 277. The number of nitrogen functional groups attached to an aromatic ring is 1. The molecule has 0 aliphatic heterocycles. The molecule has 1 nitrogen and oxygen atoms in total. The predicted octanol–water partition coefficient (Wildman–Crippen LogP) is 2.72. The minimum absolute atomic E-state index is 0.111. The van der Waals surface area contributed by atoms with E-state index in [2.05, 4.69) is 0 Å². The number of nitrogens with two attached hydrogens (primary N) is 1. The molecule has 1 rings (SSSR count). The second-order valence-electron chi connectivity index (χ2n) is 2.04. The summed E-state index contributed by atoms with van der Waals surface area (Å²) in [4.78, 5) is -0.120. The Labute approximate surface area is 71.8 Å². The SMILES string of the molecule is Nc1cccc(SC(F)F)c1F. The summed E-state index contributed by atoms with van der Waals surface area (Å²) in [6.45, 7) is 0. The van der Waals surface area contributed by atoms with Gasteiger partial charge in [-0.2, -0.15) is 8.78 Å². The molecule has 5 heteroatoms. The first-order valence-electron chi connectivity index (χ1n) is 3.10. The highest BCUT2D eigenvalue weighted by atomic mass is 32.2. The minimum Gasteiger partial charge on any atom is -0.396 e. The molecular weight excluding hydrogens is 187 g/mol. The molecule has 0 bridgehead atoms. The number of rotatable bonds is 2. The quantitative estimate of drug-likeness (QED) is 0.577. The van der Waals surface area contributed by atoms with Crippen LogP contribution in [0.1, 0.15) is 0 Å². The third-order valence-electron chi connectivity index (χ3n) is 1.21. The second kappa shape index (κ2) is 3.71. The number of hydrogen-bond acceptors (Lipinski definition) is 2. The Hall–Kier alpha value is -0.840. The van der Waals surface area contributed by atoms with E-state index in [0.717, 1.165) is 0 Å². The zero-order valence-corrected chi connectivity index (χ0v) is 6.75. The van der Waals surface area contributed by atoms with Crippen molar-refractivity contribution >= 4 is 17.4 Å². The number of benzene rings is 1. The molecule has 0 saturated heterocycles. The van der Waals surface area contributed by atoms with Gasteiger partial charge in [0.1, 0.15) is 0 Å². The van der Waals surface area contributed by atoms with Crippen molar-refractivity contribution in [1.29, 1.82) is 0 Å². The molecular formula is C7H6F3NS. The average Bonchev–Trinajstić information content (AvgIpc) is 1.98. The molecule has 0 spiro atoms. The molecule has 0 aromatic heterocycles. The van der Waals surface area contributed by atoms with Crippen LogP contribution in [0, 0.1) is 5.82 Å². The molecule has 66 valence electrons. The molecule has 1 aromatic rings. The van der Waals surface area contributed by atoms with E-state index in [-0.39, 0.29) is 22.3 Å². The molecule has 0 aliphatic carbocycles. The van der Waals surface area contributed by atoms with Crippen LogP contribution in [0.2, 0.25) is 0 Å². The van der Waals surface area contributed by atoms with E-state index in [9.17, 15) is 13.2 Å². The molecule has 0 atom stereocenters. The molecule has 0 aliphatic rings. The van der Waals surface area contributed by atoms with Crippen molar-refractivity contribution in [2.24, 2.45) is 0 Å². The van der Waals surface area contributed by atoms with E-state index in [1.165, 1.54) is 18.2 Å². The van der Waals surface area contributed by atoms with Crippen molar-refractivity contribution in [3.63, 3.8) is 0 Å². The predicted molar refractivity (Wildman–Crippen MR) is 42.7 cm³/mol. The number of anilines is 1. The van der Waals surface area contributed by atoms with E-state index in [1.807, 2.05) is 0 Å². The van der Waals surface area contributed by atoms with Crippen LogP contribution in [0.25, 0.3) is 0 Å². The van der Waals surface area contributed by atoms with E-state index >= 15 is 0 Å². The third kappa shape index (κ3) is 2.07. The highest BCUT2D eigenvalue weighted by Gasteiger charge is 2.11. The maximum Gasteiger partial charge on any atom is 0.289 e. The van der Waals surface area contributed by atoms with E-state index in [4.69, 9.17) is 5.73 Å². The van der Waals surface area contributed by atoms with E-state index in [1.54, 1.807) is 0 Å². The van der Waals surface area contributed by atoms with Crippen LogP contribution in [0.5, 0.6) is 0 Å². The van der Waals surface area contributed by atoms with Gasteiger partial charge in [0.25, 0.3) is 5.76 Å². The van der Waals surface area contributed by atoms with Crippen LogP contribution < -0.4 is 5.73 Å². The van der Waals surface area contributed by atoms with Crippen molar-refractivity contribution < 1.29 is 13.2 Å². The van der Waals surface area contributed by atoms with Gasteiger partial charge in [-0.15, -0.1) is 0 Å². The fourth-order valence-corrected chi connectivity index (χ4v) is 1.29. The largest absolute Gasteiger partial charge is 0.396 e. The first-order valence-corrected chi connectivity index (χ1v) is 3.98. The molecule has 2 N–H and O–H groups in total. The topological polar surface area (TPSA) is 26.0 Å². The molecule has 0 unspecified atom stereocenters. The molecule has 0 amide bonds. The van der Waals surface area contributed by atoms with Crippen LogP contribution in [0.4, 0.5) is 18.9 Å². The van der Waals surface area contributed by atoms with Gasteiger partial charge in [0.05, 0.1) is 10.6 Å². The van der Waals surface area contributed by atoms with Crippen molar-refractivity contribution in [3.8, 4) is 0 Å². The Balaban J connectivity index is 2.92. The zero-order chi connectivity index (χ0) is 9.14. The molecule has 1 aromatic carbocycles. The van der Waals surface area contributed by atoms with Crippen molar-refractivity contribution in [1.82, 2.24) is 0 Å². The second-order valence-corrected chi connectivity index (χ2v) is 3.07. The fraction of sp³-hybridized carbons (Fsp3) is 0.143. The summed E-state index contributed by atoms with van der Waals surface area (Å²) < 4.78 is 36.5. The van der Waals surface area contributed by atoms with Crippen LogP contribution in [-0.4, -0.2) is 5.76 Å². The summed E-state index contributed by atoms with van der Waals surface area (Å²) in [5.74, 6) is -3.40. The normalized spacial score (nSPS) is 10.7. The average molecular weight is 193 g/mol. The Kier molecular flexibility index (Phi) is 2.86. The van der Waals surface area contributed by atoms with Crippen molar-refractivity contribution in [2.75, 3.05) is 5.73 Å². The number of halogens is 3. The summed E-state index contributed by atoms with van der Waals surface area (Å²) in [5, 5.41) is 0. The van der Waals surface area contributed by atoms with Gasteiger partial charge in [-0.25, -0.2) is 4.39 Å². The minimum atomic E-state index is -2.62. The van der Waals surface area contributed by atoms with Crippen LogP contribution in [-0.2, 0) is 0 Å². The number of alkyl halides is 2. The number of hydrogen-bond donors (Lipinski definition) is 1. The van der Waals surface area contributed by atoms with Gasteiger partial charge in [0.2, 0.25) is 0 Å². The monoisotopic (exact) mass is 193 g/mol. The van der Waals surface area contributed by atoms with Gasteiger partial charge in [-0.1, -0.05) is 17.8 Å². The Morgan fingerprint density at radius 2 is 2.00 bits per heavy atom.